The van der Waals surface area contributed by atoms with Crippen LogP contribution in [0, 0.1) is 0 Å². The molecular formula is C9H8ClF2NO2. The average molecular weight is 236 g/mol. The van der Waals surface area contributed by atoms with Crippen LogP contribution in [0.25, 0.3) is 0 Å². The summed E-state index contributed by atoms with van der Waals surface area (Å²) in [6, 6.07) is 1.32. The fraction of sp³-hybridized carbons (Fsp3) is 0.333. The minimum absolute atomic E-state index is 0.136. The molecule has 82 valence electrons. The molecule has 1 aromatic heterocycles. The number of ether oxygens (including phenoxy) is 1. The van der Waals surface area contributed by atoms with E-state index in [2.05, 4.69) is 9.72 Å². The van der Waals surface area contributed by atoms with Gasteiger partial charge >= 0.3 is 5.97 Å². The summed E-state index contributed by atoms with van der Waals surface area (Å²) >= 11 is 5.51. The van der Waals surface area contributed by atoms with E-state index in [4.69, 9.17) is 11.6 Å². The number of alkyl halides is 2. The minimum atomic E-state index is -2.76. The van der Waals surface area contributed by atoms with Gasteiger partial charge < -0.3 is 4.74 Å². The zero-order chi connectivity index (χ0) is 11.4. The molecule has 0 aromatic carbocycles. The molecule has 0 N–H and O–H groups in total. The molecule has 0 radical (unpaired) electrons. The monoisotopic (exact) mass is 235 g/mol. The summed E-state index contributed by atoms with van der Waals surface area (Å²) in [6.45, 7) is 0. The molecule has 0 bridgehead atoms. The maximum Gasteiger partial charge on any atom is 0.309 e. The average Bonchev–Trinajstić information content (AvgIpc) is 2.17. The lowest BCUT2D eigenvalue weighted by Gasteiger charge is -2.08. The van der Waals surface area contributed by atoms with Gasteiger partial charge in [-0.3, -0.25) is 4.79 Å². The molecule has 3 nitrogen and oxygen atoms in total. The molecule has 0 saturated carbocycles. The lowest BCUT2D eigenvalue weighted by atomic mass is 10.1. The second kappa shape index (κ2) is 5.02. The number of carbonyl (C=O) groups is 1. The molecule has 1 heterocycles. The third kappa shape index (κ3) is 2.86. The lowest BCUT2D eigenvalue weighted by molar-refractivity contribution is -0.139. The Morgan fingerprint density at radius 3 is 2.87 bits per heavy atom. The Labute approximate surface area is 90.0 Å². The summed E-state index contributed by atoms with van der Waals surface area (Å²) in [5, 5.41) is -0.286. The molecule has 0 aliphatic carbocycles. The molecule has 0 spiro atoms. The van der Waals surface area contributed by atoms with Gasteiger partial charge in [-0.1, -0.05) is 11.6 Å². The van der Waals surface area contributed by atoms with E-state index in [1.54, 1.807) is 0 Å². The van der Waals surface area contributed by atoms with Gasteiger partial charge in [-0.15, -0.1) is 0 Å². The lowest BCUT2D eigenvalue weighted by Crippen LogP contribution is -2.08. The van der Waals surface area contributed by atoms with Crippen LogP contribution in [0.5, 0.6) is 0 Å². The van der Waals surface area contributed by atoms with E-state index in [-0.39, 0.29) is 17.1 Å². The maximum atomic E-state index is 12.6. The van der Waals surface area contributed by atoms with Crippen molar-refractivity contribution in [2.24, 2.45) is 0 Å². The molecular weight excluding hydrogens is 228 g/mol. The number of nitrogens with zero attached hydrogens (tertiary/aromatic N) is 1. The number of esters is 1. The Balaban J connectivity index is 3.06. The summed E-state index contributed by atoms with van der Waals surface area (Å²) in [7, 11) is 1.19. The largest absolute Gasteiger partial charge is 0.469 e. The van der Waals surface area contributed by atoms with E-state index >= 15 is 0 Å². The summed E-state index contributed by atoms with van der Waals surface area (Å²) < 4.78 is 29.5. The quantitative estimate of drug-likeness (QED) is 0.597. The number of carbonyl (C=O) groups excluding carboxylic acids is 1. The van der Waals surface area contributed by atoms with Crippen molar-refractivity contribution in [2.45, 2.75) is 12.8 Å². The highest BCUT2D eigenvalue weighted by Crippen LogP contribution is 2.28. The second-order valence-corrected chi connectivity index (χ2v) is 3.09. The van der Waals surface area contributed by atoms with Crippen molar-refractivity contribution in [3.05, 3.63) is 28.5 Å². The number of hydrogen-bond acceptors (Lipinski definition) is 3. The second-order valence-electron chi connectivity index (χ2n) is 2.73. The fourth-order valence-corrected chi connectivity index (χ4v) is 1.36. The number of aromatic nitrogens is 1. The van der Waals surface area contributed by atoms with E-state index in [9.17, 15) is 13.6 Å². The summed E-state index contributed by atoms with van der Waals surface area (Å²) in [4.78, 5) is 14.5. The van der Waals surface area contributed by atoms with Gasteiger partial charge in [-0.05, 0) is 11.6 Å². The first-order chi connectivity index (χ1) is 7.06. The van der Waals surface area contributed by atoms with Gasteiger partial charge in [0.2, 0.25) is 0 Å². The molecule has 0 amide bonds. The van der Waals surface area contributed by atoms with Gasteiger partial charge in [-0.25, -0.2) is 13.8 Å². The fourth-order valence-electron chi connectivity index (χ4n) is 1.10. The Kier molecular flexibility index (Phi) is 3.96. The van der Waals surface area contributed by atoms with E-state index in [0.717, 1.165) is 0 Å². The van der Waals surface area contributed by atoms with Crippen LogP contribution in [0.15, 0.2) is 12.3 Å². The number of hydrogen-bond donors (Lipinski definition) is 0. The molecule has 15 heavy (non-hydrogen) atoms. The highest BCUT2D eigenvalue weighted by Gasteiger charge is 2.19. The van der Waals surface area contributed by atoms with E-state index < -0.39 is 18.0 Å². The third-order valence-electron chi connectivity index (χ3n) is 1.81. The van der Waals surface area contributed by atoms with Gasteiger partial charge in [-0.2, -0.15) is 0 Å². The molecule has 0 aliphatic heterocycles. The first-order valence-electron chi connectivity index (χ1n) is 4.04. The molecule has 0 atom stereocenters. The SMILES string of the molecule is COC(=O)Cc1ccnc(Cl)c1C(F)F. The molecule has 0 unspecified atom stereocenters. The van der Waals surface area contributed by atoms with E-state index in [1.165, 1.54) is 19.4 Å². The Bertz CT molecular complexity index is 371. The molecule has 0 saturated heterocycles. The van der Waals surface area contributed by atoms with Crippen LogP contribution in [-0.2, 0) is 16.0 Å². The van der Waals surface area contributed by atoms with Crippen LogP contribution >= 0.6 is 11.6 Å². The van der Waals surface area contributed by atoms with E-state index in [0.29, 0.717) is 0 Å². The molecule has 0 fully saturated rings. The number of pyridine rings is 1. The van der Waals surface area contributed by atoms with Gasteiger partial charge in [0.15, 0.2) is 0 Å². The molecule has 0 aliphatic rings. The third-order valence-corrected chi connectivity index (χ3v) is 2.11. The van der Waals surface area contributed by atoms with Crippen molar-refractivity contribution in [3.63, 3.8) is 0 Å². The summed E-state index contributed by atoms with van der Waals surface area (Å²) in [6.07, 6.45) is -1.73. The topological polar surface area (TPSA) is 39.2 Å². The van der Waals surface area contributed by atoms with Crippen molar-refractivity contribution in [1.82, 2.24) is 4.98 Å². The van der Waals surface area contributed by atoms with Crippen LogP contribution < -0.4 is 0 Å². The first-order valence-corrected chi connectivity index (χ1v) is 4.42. The minimum Gasteiger partial charge on any atom is -0.469 e. The van der Waals surface area contributed by atoms with Crippen molar-refractivity contribution in [3.8, 4) is 0 Å². The first kappa shape index (κ1) is 11.8. The van der Waals surface area contributed by atoms with Gasteiger partial charge in [0.1, 0.15) is 5.15 Å². The number of methoxy groups -OCH3 is 1. The smallest absolute Gasteiger partial charge is 0.309 e. The number of halogens is 3. The standard InChI is InChI=1S/C9H8ClF2NO2/c1-15-6(14)4-5-2-3-13-8(10)7(5)9(11)12/h2-3,9H,4H2,1H3. The van der Waals surface area contributed by atoms with Crippen LogP contribution in [-0.4, -0.2) is 18.1 Å². The van der Waals surface area contributed by atoms with Gasteiger partial charge in [0.25, 0.3) is 6.43 Å². The van der Waals surface area contributed by atoms with Crippen LogP contribution in [0.4, 0.5) is 8.78 Å². The van der Waals surface area contributed by atoms with Gasteiger partial charge in [0.05, 0.1) is 19.1 Å². The van der Waals surface area contributed by atoms with Crippen molar-refractivity contribution >= 4 is 17.6 Å². The Morgan fingerprint density at radius 2 is 2.33 bits per heavy atom. The zero-order valence-electron chi connectivity index (χ0n) is 7.84. The highest BCUT2D eigenvalue weighted by atomic mass is 35.5. The van der Waals surface area contributed by atoms with Crippen LogP contribution in [0.2, 0.25) is 5.15 Å². The highest BCUT2D eigenvalue weighted by molar-refractivity contribution is 6.30. The van der Waals surface area contributed by atoms with Crippen molar-refractivity contribution in [2.75, 3.05) is 7.11 Å². The predicted octanol–water partition coefficient (Wildman–Crippen LogP) is 2.39. The molecule has 6 heteroatoms. The van der Waals surface area contributed by atoms with Gasteiger partial charge in [0, 0.05) is 6.20 Å². The predicted molar refractivity (Wildman–Crippen MR) is 49.9 cm³/mol. The van der Waals surface area contributed by atoms with E-state index in [1.807, 2.05) is 0 Å². The number of rotatable bonds is 3. The zero-order valence-corrected chi connectivity index (χ0v) is 8.59. The maximum absolute atomic E-state index is 12.6. The molecule has 1 rings (SSSR count). The van der Waals surface area contributed by atoms with Crippen molar-refractivity contribution < 1.29 is 18.3 Å². The normalized spacial score (nSPS) is 10.5. The summed E-state index contributed by atoms with van der Waals surface area (Å²) in [5.74, 6) is -0.598. The van der Waals surface area contributed by atoms with Crippen molar-refractivity contribution in [1.29, 1.82) is 0 Å². The van der Waals surface area contributed by atoms with Crippen LogP contribution in [0.1, 0.15) is 17.6 Å². The summed E-state index contributed by atoms with van der Waals surface area (Å²) in [5.41, 5.74) is -0.276. The van der Waals surface area contributed by atoms with Crippen LogP contribution in [0.3, 0.4) is 0 Å². The molecule has 1 aromatic rings. The Hall–Kier alpha value is -1.23. The Morgan fingerprint density at radius 1 is 1.67 bits per heavy atom.